The van der Waals surface area contributed by atoms with Crippen molar-refractivity contribution >= 4 is 11.6 Å². The van der Waals surface area contributed by atoms with Crippen LogP contribution in [0.1, 0.15) is 34.3 Å². The molecular weight excluding hydrogens is 454 g/mol. The van der Waals surface area contributed by atoms with Crippen LogP contribution in [-0.2, 0) is 24.2 Å². The van der Waals surface area contributed by atoms with Crippen LogP contribution in [0.25, 0.3) is 11.3 Å². The van der Waals surface area contributed by atoms with Gasteiger partial charge in [-0.1, -0.05) is 66.7 Å². The van der Waals surface area contributed by atoms with Crippen LogP contribution in [0, 0.1) is 17.0 Å². The van der Waals surface area contributed by atoms with Gasteiger partial charge in [-0.3, -0.25) is 14.9 Å². The normalized spacial score (nSPS) is 15.8. The molecule has 8 nitrogen and oxygen atoms in total. The van der Waals surface area contributed by atoms with Gasteiger partial charge in [0.25, 0.3) is 5.69 Å². The zero-order valence-corrected chi connectivity index (χ0v) is 19.9. The molecule has 2 heterocycles. The van der Waals surface area contributed by atoms with E-state index < -0.39 is 11.0 Å². The van der Waals surface area contributed by atoms with E-state index in [1.807, 2.05) is 60.4 Å². The van der Waals surface area contributed by atoms with E-state index in [0.717, 1.165) is 33.9 Å². The Morgan fingerprint density at radius 1 is 1.08 bits per heavy atom. The number of H-pyrrole nitrogens is 1. The average Bonchev–Trinajstić information content (AvgIpc) is 3.29. The maximum atomic E-state index is 13.7. The maximum Gasteiger partial charge on any atom is 0.269 e. The highest BCUT2D eigenvalue weighted by Gasteiger charge is 2.35. The molecule has 0 unspecified atom stereocenters. The summed E-state index contributed by atoms with van der Waals surface area (Å²) in [5.74, 6) is 0.555. The average molecular weight is 482 g/mol. The van der Waals surface area contributed by atoms with Crippen LogP contribution in [0.4, 0.5) is 5.69 Å². The number of hydrogen-bond donors (Lipinski definition) is 2. The third-order valence-corrected chi connectivity index (χ3v) is 6.72. The molecule has 3 N–H and O–H groups in total. The molecule has 4 aromatic rings. The number of nitrogens with zero attached hydrogens (tertiary/aromatic N) is 3. The minimum atomic E-state index is -0.788. The highest BCUT2D eigenvalue weighted by molar-refractivity contribution is 5.83. The number of aromatic nitrogens is 2. The molecule has 0 bridgehead atoms. The molecule has 1 amide bonds. The lowest BCUT2D eigenvalue weighted by Crippen LogP contribution is -2.48. The minimum absolute atomic E-state index is 0.00811. The fourth-order valence-electron chi connectivity index (χ4n) is 4.83. The van der Waals surface area contributed by atoms with E-state index in [0.29, 0.717) is 13.0 Å². The Bertz CT molecular complexity index is 1400. The van der Waals surface area contributed by atoms with E-state index in [1.54, 1.807) is 12.1 Å². The summed E-state index contributed by atoms with van der Waals surface area (Å²) in [5, 5.41) is 10.9. The molecule has 0 fully saturated rings. The predicted octanol–water partition coefficient (Wildman–Crippen LogP) is 4.49. The Morgan fingerprint density at radius 2 is 1.75 bits per heavy atom. The summed E-state index contributed by atoms with van der Waals surface area (Å²) >= 11 is 0. The summed E-state index contributed by atoms with van der Waals surface area (Å²) in [5.41, 5.74) is 12.3. The molecule has 36 heavy (non-hydrogen) atoms. The first-order valence-electron chi connectivity index (χ1n) is 11.9. The molecular formula is C28H27N5O3. The van der Waals surface area contributed by atoms with Gasteiger partial charge >= 0.3 is 0 Å². The number of carbonyl (C=O) groups is 1. The lowest BCUT2D eigenvalue weighted by molar-refractivity contribution is -0.384. The Hall–Kier alpha value is -4.30. The van der Waals surface area contributed by atoms with Crippen molar-refractivity contribution in [2.75, 3.05) is 0 Å². The van der Waals surface area contributed by atoms with Crippen molar-refractivity contribution in [3.63, 3.8) is 0 Å². The number of hydrogen-bond acceptors (Lipinski definition) is 5. The van der Waals surface area contributed by atoms with E-state index in [-0.39, 0.29) is 24.1 Å². The van der Waals surface area contributed by atoms with Crippen molar-refractivity contribution in [1.29, 1.82) is 0 Å². The molecule has 0 saturated heterocycles. The number of nitro benzene ring substituents is 1. The van der Waals surface area contributed by atoms with Crippen LogP contribution >= 0.6 is 0 Å². The summed E-state index contributed by atoms with van der Waals surface area (Å²) in [6, 6.07) is 23.2. The number of non-ortho nitro benzene ring substituents is 1. The van der Waals surface area contributed by atoms with Crippen LogP contribution in [0.15, 0.2) is 78.9 Å². The van der Waals surface area contributed by atoms with Crippen molar-refractivity contribution in [3.8, 4) is 11.3 Å². The number of carbonyl (C=O) groups excluding carboxylic acids is 1. The number of rotatable bonds is 6. The first-order valence-corrected chi connectivity index (χ1v) is 11.9. The second-order valence-electron chi connectivity index (χ2n) is 9.15. The van der Waals surface area contributed by atoms with Crippen molar-refractivity contribution < 1.29 is 9.72 Å². The lowest BCUT2D eigenvalue weighted by atomic mass is 9.92. The molecule has 0 radical (unpaired) electrons. The zero-order valence-electron chi connectivity index (χ0n) is 19.9. The Labute approximate surface area is 208 Å². The molecule has 8 heteroatoms. The number of nitrogens with two attached hydrogens (primary N) is 1. The summed E-state index contributed by atoms with van der Waals surface area (Å²) in [7, 11) is 0. The monoisotopic (exact) mass is 481 g/mol. The lowest BCUT2D eigenvalue weighted by Gasteiger charge is -2.37. The van der Waals surface area contributed by atoms with Gasteiger partial charge in [0.2, 0.25) is 5.91 Å². The molecule has 182 valence electrons. The number of nitro groups is 1. The van der Waals surface area contributed by atoms with Gasteiger partial charge in [0.05, 0.1) is 22.7 Å². The van der Waals surface area contributed by atoms with Gasteiger partial charge in [-0.25, -0.2) is 4.98 Å². The van der Waals surface area contributed by atoms with Gasteiger partial charge in [0.1, 0.15) is 5.82 Å². The van der Waals surface area contributed by atoms with Crippen LogP contribution in [0.3, 0.4) is 0 Å². The second-order valence-corrected chi connectivity index (χ2v) is 9.15. The molecule has 1 aliphatic heterocycles. The smallest absolute Gasteiger partial charge is 0.269 e. The number of imidazole rings is 1. The molecule has 5 rings (SSSR count). The quantitative estimate of drug-likeness (QED) is 0.311. The number of aromatic amines is 1. The molecule has 1 aliphatic rings. The first kappa shape index (κ1) is 23.4. The van der Waals surface area contributed by atoms with Crippen molar-refractivity contribution in [2.24, 2.45) is 5.73 Å². The largest absolute Gasteiger partial charge is 0.344 e. The summed E-state index contributed by atoms with van der Waals surface area (Å²) in [6.45, 7) is 2.43. The number of fused-ring (bicyclic) bond motifs is 1. The van der Waals surface area contributed by atoms with Crippen LogP contribution < -0.4 is 5.73 Å². The van der Waals surface area contributed by atoms with E-state index >= 15 is 0 Å². The van der Waals surface area contributed by atoms with Gasteiger partial charge < -0.3 is 15.6 Å². The van der Waals surface area contributed by atoms with E-state index in [1.165, 1.54) is 17.7 Å². The number of aryl methyl sites for hydroxylation is 1. The van der Waals surface area contributed by atoms with Crippen LogP contribution in [0.2, 0.25) is 0 Å². The molecule has 0 aliphatic carbocycles. The molecule has 1 aromatic heterocycles. The third kappa shape index (κ3) is 4.63. The molecule has 0 spiro atoms. The Morgan fingerprint density at radius 3 is 2.44 bits per heavy atom. The first-order chi connectivity index (χ1) is 17.4. The SMILES string of the molecule is Cc1[nH]c([C@@H]2Cc3ccccc3CN2C(=O)[C@@H](N)Cc2ccc([N+](=O)[O-])cc2)nc1-c1ccccc1. The summed E-state index contributed by atoms with van der Waals surface area (Å²) < 4.78 is 0. The van der Waals surface area contributed by atoms with E-state index in [9.17, 15) is 14.9 Å². The van der Waals surface area contributed by atoms with E-state index in [4.69, 9.17) is 10.7 Å². The standard InChI is InChI=1S/C28H27N5O3/c1-18-26(20-7-3-2-4-8-20)31-27(30-18)25-16-21-9-5-6-10-22(21)17-32(25)28(34)24(29)15-19-11-13-23(14-12-19)33(35)36/h2-14,24-25H,15-17,29H2,1H3,(H,30,31)/t24-,25-/m0/s1. The van der Waals surface area contributed by atoms with Gasteiger partial charge in [-0.2, -0.15) is 0 Å². The van der Waals surface area contributed by atoms with Crippen molar-refractivity contribution in [1.82, 2.24) is 14.9 Å². The minimum Gasteiger partial charge on any atom is -0.344 e. The Kier molecular flexibility index (Phi) is 6.35. The number of nitrogens with one attached hydrogen (secondary N) is 1. The molecule has 3 aromatic carbocycles. The van der Waals surface area contributed by atoms with Crippen LogP contribution in [0.5, 0.6) is 0 Å². The fourth-order valence-corrected chi connectivity index (χ4v) is 4.83. The fraction of sp³-hybridized carbons (Fsp3) is 0.214. The third-order valence-electron chi connectivity index (χ3n) is 6.72. The highest BCUT2D eigenvalue weighted by Crippen LogP contribution is 2.34. The van der Waals surface area contributed by atoms with Gasteiger partial charge in [0, 0.05) is 36.4 Å². The van der Waals surface area contributed by atoms with E-state index in [2.05, 4.69) is 11.1 Å². The number of amides is 1. The Balaban J connectivity index is 1.44. The molecule has 0 saturated carbocycles. The van der Waals surface area contributed by atoms with Crippen molar-refractivity contribution in [3.05, 3.63) is 117 Å². The summed E-state index contributed by atoms with van der Waals surface area (Å²) in [6.07, 6.45) is 0.918. The summed E-state index contributed by atoms with van der Waals surface area (Å²) in [4.78, 5) is 34.3. The topological polar surface area (TPSA) is 118 Å². The predicted molar refractivity (Wildman–Crippen MR) is 137 cm³/mol. The van der Waals surface area contributed by atoms with Gasteiger partial charge in [0.15, 0.2) is 0 Å². The van der Waals surface area contributed by atoms with Gasteiger partial charge in [-0.05, 0) is 30.0 Å². The van der Waals surface area contributed by atoms with Crippen LogP contribution in [-0.4, -0.2) is 31.7 Å². The number of benzene rings is 3. The maximum absolute atomic E-state index is 13.7. The second kappa shape index (κ2) is 9.75. The zero-order chi connectivity index (χ0) is 25.2. The van der Waals surface area contributed by atoms with Crippen molar-refractivity contribution in [2.45, 2.75) is 38.4 Å². The highest BCUT2D eigenvalue weighted by atomic mass is 16.6. The molecule has 2 atom stereocenters. The van der Waals surface area contributed by atoms with Gasteiger partial charge in [-0.15, -0.1) is 0 Å².